The second-order valence-corrected chi connectivity index (χ2v) is 3.83. The number of carboxylic acids is 1. The number of hydrogen-bond donors (Lipinski definition) is 2. The Labute approximate surface area is 104 Å². The van der Waals surface area contributed by atoms with Crippen molar-refractivity contribution in [3.8, 4) is 0 Å². The second-order valence-electron chi connectivity index (χ2n) is 3.83. The van der Waals surface area contributed by atoms with Gasteiger partial charge in [0.15, 0.2) is 0 Å². The van der Waals surface area contributed by atoms with E-state index in [1.165, 1.54) is 4.90 Å². The number of nitrogens with zero attached hydrogens (tertiary/aromatic N) is 2. The number of imide groups is 1. The van der Waals surface area contributed by atoms with Crippen molar-refractivity contribution < 1.29 is 24.3 Å². The number of carbonyl (C=O) groups is 4. The molecule has 1 saturated heterocycles. The standard InChI is InChI=1S/C10H15N3O5/c1-2-12(4-3-9(16)17)10(18)13-5-7(14)11-8(15)6-13/h2-6H2,1H3,(H,16,17)(H,11,14,15). The lowest BCUT2D eigenvalue weighted by Crippen LogP contribution is -2.56. The number of amides is 4. The number of piperazine rings is 1. The van der Waals surface area contributed by atoms with Crippen LogP contribution in [0.1, 0.15) is 13.3 Å². The third-order valence-electron chi connectivity index (χ3n) is 2.47. The molecule has 0 bridgehead atoms. The van der Waals surface area contributed by atoms with E-state index in [9.17, 15) is 19.2 Å². The summed E-state index contributed by atoms with van der Waals surface area (Å²) in [6.07, 6.45) is -0.173. The summed E-state index contributed by atoms with van der Waals surface area (Å²) in [5, 5.41) is 10.7. The Kier molecular flexibility index (Phi) is 4.64. The Hall–Kier alpha value is -2.12. The molecule has 1 rings (SSSR count). The number of carboxylic acid groups (broad SMARTS) is 1. The summed E-state index contributed by atoms with van der Waals surface area (Å²) in [6.45, 7) is 1.70. The largest absolute Gasteiger partial charge is 0.481 e. The molecule has 100 valence electrons. The Morgan fingerprint density at radius 3 is 2.33 bits per heavy atom. The minimum Gasteiger partial charge on any atom is -0.481 e. The molecular formula is C10H15N3O5. The predicted octanol–water partition coefficient (Wildman–Crippen LogP) is -1.14. The van der Waals surface area contributed by atoms with Crippen molar-refractivity contribution in [2.75, 3.05) is 26.2 Å². The van der Waals surface area contributed by atoms with E-state index < -0.39 is 23.8 Å². The van der Waals surface area contributed by atoms with E-state index in [4.69, 9.17) is 5.11 Å². The Morgan fingerprint density at radius 2 is 1.89 bits per heavy atom. The van der Waals surface area contributed by atoms with E-state index in [1.807, 2.05) is 0 Å². The van der Waals surface area contributed by atoms with Crippen LogP contribution in [0.4, 0.5) is 4.79 Å². The second kappa shape index (κ2) is 5.99. The van der Waals surface area contributed by atoms with Crippen LogP contribution in [0.5, 0.6) is 0 Å². The van der Waals surface area contributed by atoms with E-state index >= 15 is 0 Å². The van der Waals surface area contributed by atoms with Gasteiger partial charge in [0.1, 0.15) is 13.1 Å². The molecule has 4 amide bonds. The fourth-order valence-corrected chi connectivity index (χ4v) is 1.59. The van der Waals surface area contributed by atoms with Crippen LogP contribution in [0.25, 0.3) is 0 Å². The van der Waals surface area contributed by atoms with Gasteiger partial charge < -0.3 is 14.9 Å². The lowest BCUT2D eigenvalue weighted by molar-refractivity contribution is -0.138. The zero-order valence-corrected chi connectivity index (χ0v) is 10.0. The summed E-state index contributed by atoms with van der Waals surface area (Å²) in [4.78, 5) is 47.1. The smallest absolute Gasteiger partial charge is 0.320 e. The minimum absolute atomic E-state index is 0.0526. The summed E-state index contributed by atoms with van der Waals surface area (Å²) in [5.74, 6) is -2.07. The molecule has 2 N–H and O–H groups in total. The molecule has 0 saturated carbocycles. The van der Waals surface area contributed by atoms with Gasteiger partial charge in [0.2, 0.25) is 11.8 Å². The third kappa shape index (κ3) is 3.72. The molecule has 8 nitrogen and oxygen atoms in total. The van der Waals surface area contributed by atoms with Crippen LogP contribution in [-0.4, -0.2) is 64.9 Å². The molecule has 0 aromatic heterocycles. The quantitative estimate of drug-likeness (QED) is 0.619. The molecule has 18 heavy (non-hydrogen) atoms. The van der Waals surface area contributed by atoms with Gasteiger partial charge in [-0.1, -0.05) is 0 Å². The highest BCUT2D eigenvalue weighted by Crippen LogP contribution is 2.03. The number of urea groups is 1. The predicted molar refractivity (Wildman–Crippen MR) is 59.6 cm³/mol. The number of aliphatic carboxylic acids is 1. The van der Waals surface area contributed by atoms with Crippen molar-refractivity contribution in [1.29, 1.82) is 0 Å². The van der Waals surface area contributed by atoms with Crippen LogP contribution in [0.15, 0.2) is 0 Å². The SMILES string of the molecule is CCN(CCC(=O)O)C(=O)N1CC(=O)NC(=O)C1. The van der Waals surface area contributed by atoms with Gasteiger partial charge in [0, 0.05) is 13.1 Å². The summed E-state index contributed by atoms with van der Waals surface area (Å²) >= 11 is 0. The van der Waals surface area contributed by atoms with Crippen molar-refractivity contribution in [3.63, 3.8) is 0 Å². The van der Waals surface area contributed by atoms with Gasteiger partial charge >= 0.3 is 12.0 Å². The fraction of sp³-hybridized carbons (Fsp3) is 0.600. The van der Waals surface area contributed by atoms with E-state index in [1.54, 1.807) is 6.92 Å². The molecule has 1 aliphatic heterocycles. The van der Waals surface area contributed by atoms with E-state index in [2.05, 4.69) is 5.32 Å². The van der Waals surface area contributed by atoms with Crippen LogP contribution >= 0.6 is 0 Å². The molecule has 1 aliphatic rings. The van der Waals surface area contributed by atoms with Crippen LogP contribution in [0.2, 0.25) is 0 Å². The maximum Gasteiger partial charge on any atom is 0.320 e. The van der Waals surface area contributed by atoms with Crippen molar-refractivity contribution in [3.05, 3.63) is 0 Å². The number of nitrogens with one attached hydrogen (secondary N) is 1. The zero-order valence-electron chi connectivity index (χ0n) is 10.0. The molecule has 1 fully saturated rings. The molecule has 0 unspecified atom stereocenters. The monoisotopic (exact) mass is 257 g/mol. The maximum absolute atomic E-state index is 12.0. The first-order valence-corrected chi connectivity index (χ1v) is 5.52. The first kappa shape index (κ1) is 13.9. The zero-order chi connectivity index (χ0) is 13.7. The molecule has 0 aromatic rings. The molecule has 0 atom stereocenters. The number of rotatable bonds is 4. The van der Waals surface area contributed by atoms with Gasteiger partial charge in [0.05, 0.1) is 6.42 Å². The van der Waals surface area contributed by atoms with Gasteiger partial charge in [-0.15, -0.1) is 0 Å². The molecule has 0 radical (unpaired) electrons. The first-order chi connectivity index (χ1) is 8.43. The molecule has 0 aliphatic carbocycles. The van der Waals surface area contributed by atoms with E-state index in [0.29, 0.717) is 6.54 Å². The van der Waals surface area contributed by atoms with Crippen LogP contribution in [0.3, 0.4) is 0 Å². The fourth-order valence-electron chi connectivity index (χ4n) is 1.59. The average molecular weight is 257 g/mol. The molecule has 0 spiro atoms. The minimum atomic E-state index is -1.01. The maximum atomic E-state index is 12.0. The third-order valence-corrected chi connectivity index (χ3v) is 2.47. The summed E-state index contributed by atoms with van der Waals surface area (Å²) < 4.78 is 0. The van der Waals surface area contributed by atoms with Gasteiger partial charge in [-0.2, -0.15) is 0 Å². The normalized spacial score (nSPS) is 15.3. The number of hydrogen-bond acceptors (Lipinski definition) is 4. The molecular weight excluding hydrogens is 242 g/mol. The van der Waals surface area contributed by atoms with E-state index in [-0.39, 0.29) is 26.1 Å². The van der Waals surface area contributed by atoms with Crippen molar-refractivity contribution in [2.24, 2.45) is 0 Å². The molecule has 1 heterocycles. The lowest BCUT2D eigenvalue weighted by atomic mass is 10.3. The van der Waals surface area contributed by atoms with Gasteiger partial charge in [-0.3, -0.25) is 19.7 Å². The van der Waals surface area contributed by atoms with Gasteiger partial charge in [-0.05, 0) is 6.92 Å². The summed E-state index contributed by atoms with van der Waals surface area (Å²) in [5.41, 5.74) is 0. The van der Waals surface area contributed by atoms with Crippen molar-refractivity contribution in [2.45, 2.75) is 13.3 Å². The summed E-state index contributed by atoms with van der Waals surface area (Å²) in [6, 6.07) is -0.498. The Bertz CT molecular complexity index is 366. The van der Waals surface area contributed by atoms with Gasteiger partial charge in [-0.25, -0.2) is 4.79 Å². The Morgan fingerprint density at radius 1 is 1.33 bits per heavy atom. The summed E-state index contributed by atoms with van der Waals surface area (Å²) in [7, 11) is 0. The van der Waals surface area contributed by atoms with Gasteiger partial charge in [0.25, 0.3) is 0 Å². The highest BCUT2D eigenvalue weighted by Gasteiger charge is 2.29. The van der Waals surface area contributed by atoms with Crippen LogP contribution in [0, 0.1) is 0 Å². The number of carbonyl (C=O) groups excluding carboxylic acids is 3. The topological polar surface area (TPSA) is 107 Å². The average Bonchev–Trinajstić information content (AvgIpc) is 2.27. The van der Waals surface area contributed by atoms with Crippen molar-refractivity contribution in [1.82, 2.24) is 15.1 Å². The lowest BCUT2D eigenvalue weighted by Gasteiger charge is -2.31. The van der Waals surface area contributed by atoms with Crippen LogP contribution in [-0.2, 0) is 14.4 Å². The van der Waals surface area contributed by atoms with E-state index in [0.717, 1.165) is 4.90 Å². The Balaban J connectivity index is 2.62. The van der Waals surface area contributed by atoms with Crippen molar-refractivity contribution >= 4 is 23.8 Å². The van der Waals surface area contributed by atoms with Crippen LogP contribution < -0.4 is 5.32 Å². The molecule has 0 aromatic carbocycles. The first-order valence-electron chi connectivity index (χ1n) is 5.52. The highest BCUT2D eigenvalue weighted by molar-refractivity contribution is 6.02. The molecule has 8 heteroatoms. The highest BCUT2D eigenvalue weighted by atomic mass is 16.4.